The van der Waals surface area contributed by atoms with Crippen molar-refractivity contribution in [1.29, 1.82) is 0 Å². The van der Waals surface area contributed by atoms with Crippen LogP contribution >= 0.6 is 0 Å². The Morgan fingerprint density at radius 3 is 2.21 bits per heavy atom. The van der Waals surface area contributed by atoms with Gasteiger partial charge in [0.15, 0.2) is 11.5 Å². The van der Waals surface area contributed by atoms with Gasteiger partial charge in [0.05, 0.1) is 37.1 Å². The largest absolute Gasteiger partial charge is 0.493 e. The van der Waals surface area contributed by atoms with Gasteiger partial charge in [0.25, 0.3) is 10.0 Å². The molecular weight excluding hydrogens is 444 g/mol. The molecule has 174 valence electrons. The van der Waals surface area contributed by atoms with Crippen LogP contribution in [0, 0.1) is 0 Å². The molecule has 0 radical (unpaired) electrons. The lowest BCUT2D eigenvalue weighted by Crippen LogP contribution is -2.38. The summed E-state index contributed by atoms with van der Waals surface area (Å²) in [4.78, 5) is 13.0. The number of nitrogens with zero attached hydrogens (tertiary/aromatic N) is 1. The van der Waals surface area contributed by atoms with Gasteiger partial charge in [0, 0.05) is 6.07 Å². The number of anilines is 2. The molecule has 0 bridgehead atoms. The van der Waals surface area contributed by atoms with Crippen LogP contribution in [0.15, 0.2) is 77.7 Å². The fourth-order valence-corrected chi connectivity index (χ4v) is 4.62. The number of nitrogens with one attached hydrogen (secondary N) is 1. The van der Waals surface area contributed by atoms with Crippen LogP contribution in [0.3, 0.4) is 0 Å². The summed E-state index contributed by atoms with van der Waals surface area (Å²) < 4.78 is 44.1. The van der Waals surface area contributed by atoms with Crippen molar-refractivity contribution in [2.24, 2.45) is 0 Å². The van der Waals surface area contributed by atoms with Crippen LogP contribution in [0.1, 0.15) is 6.92 Å². The molecule has 0 heterocycles. The topological polar surface area (TPSA) is 94.2 Å². The van der Waals surface area contributed by atoms with Crippen molar-refractivity contribution in [2.75, 3.05) is 37.0 Å². The molecule has 0 aliphatic rings. The molecule has 0 aliphatic carbocycles. The Morgan fingerprint density at radius 2 is 1.55 bits per heavy atom. The Bertz CT molecular complexity index is 1200. The highest BCUT2D eigenvalue weighted by atomic mass is 32.2. The molecule has 0 atom stereocenters. The summed E-state index contributed by atoms with van der Waals surface area (Å²) in [5.74, 6) is 0.743. The molecule has 3 aromatic rings. The highest BCUT2D eigenvalue weighted by Crippen LogP contribution is 2.34. The van der Waals surface area contributed by atoms with Crippen LogP contribution in [0.25, 0.3) is 0 Å². The summed E-state index contributed by atoms with van der Waals surface area (Å²) in [6, 6.07) is 19.5. The fraction of sp³-hybridized carbons (Fsp3) is 0.208. The molecule has 0 fully saturated rings. The minimum Gasteiger partial charge on any atom is -0.493 e. The molecular formula is C24H26N2O6S. The molecule has 0 aromatic heterocycles. The average Bonchev–Trinajstić information content (AvgIpc) is 2.84. The normalized spacial score (nSPS) is 10.9. The Balaban J connectivity index is 1.99. The molecule has 8 nitrogen and oxygen atoms in total. The lowest BCUT2D eigenvalue weighted by Gasteiger charge is -2.25. The minimum atomic E-state index is -4.06. The van der Waals surface area contributed by atoms with E-state index < -0.39 is 22.5 Å². The molecule has 9 heteroatoms. The number of benzene rings is 3. The molecule has 0 aliphatic heterocycles. The van der Waals surface area contributed by atoms with Gasteiger partial charge >= 0.3 is 0 Å². The molecule has 0 saturated carbocycles. The predicted octanol–water partition coefficient (Wildman–Crippen LogP) is 3.94. The van der Waals surface area contributed by atoms with Crippen LogP contribution in [-0.4, -0.2) is 41.7 Å². The van der Waals surface area contributed by atoms with Crippen molar-refractivity contribution in [3.8, 4) is 17.2 Å². The van der Waals surface area contributed by atoms with Crippen LogP contribution in [-0.2, 0) is 14.8 Å². The first-order valence-corrected chi connectivity index (χ1v) is 11.7. The monoisotopic (exact) mass is 470 g/mol. The first kappa shape index (κ1) is 23.9. The van der Waals surface area contributed by atoms with Crippen molar-refractivity contribution < 1.29 is 27.4 Å². The number of sulfonamides is 1. The Labute approximate surface area is 193 Å². The number of carbonyl (C=O) groups is 1. The summed E-state index contributed by atoms with van der Waals surface area (Å²) in [6.07, 6.45) is 0. The molecule has 3 rings (SSSR count). The first-order chi connectivity index (χ1) is 15.9. The van der Waals surface area contributed by atoms with Crippen LogP contribution < -0.4 is 23.8 Å². The van der Waals surface area contributed by atoms with Gasteiger partial charge in [-0.1, -0.05) is 30.3 Å². The smallest absolute Gasteiger partial charge is 0.264 e. The van der Waals surface area contributed by atoms with E-state index in [4.69, 9.17) is 14.2 Å². The van der Waals surface area contributed by atoms with E-state index in [0.29, 0.717) is 29.5 Å². The van der Waals surface area contributed by atoms with E-state index in [0.717, 1.165) is 4.31 Å². The van der Waals surface area contributed by atoms with Crippen LogP contribution in [0.4, 0.5) is 11.4 Å². The Hall–Kier alpha value is -3.72. The highest BCUT2D eigenvalue weighted by molar-refractivity contribution is 7.92. The highest BCUT2D eigenvalue weighted by Gasteiger charge is 2.28. The number of rotatable bonds is 10. The number of para-hydroxylation sites is 2. The molecule has 0 saturated heterocycles. The van der Waals surface area contributed by atoms with E-state index in [2.05, 4.69) is 5.32 Å². The summed E-state index contributed by atoms with van der Waals surface area (Å²) >= 11 is 0. The molecule has 0 spiro atoms. The van der Waals surface area contributed by atoms with Crippen molar-refractivity contribution in [1.82, 2.24) is 0 Å². The van der Waals surface area contributed by atoms with Crippen molar-refractivity contribution >= 4 is 27.3 Å². The third kappa shape index (κ3) is 5.56. The maximum atomic E-state index is 13.5. The summed E-state index contributed by atoms with van der Waals surface area (Å²) in [5, 5.41) is 2.74. The van der Waals surface area contributed by atoms with E-state index in [-0.39, 0.29) is 10.6 Å². The number of amides is 1. The third-order valence-corrected chi connectivity index (χ3v) is 6.52. The molecule has 1 N–H and O–H groups in total. The van der Waals surface area contributed by atoms with E-state index in [9.17, 15) is 13.2 Å². The predicted molar refractivity (Wildman–Crippen MR) is 127 cm³/mol. The number of methoxy groups -OCH3 is 2. The summed E-state index contributed by atoms with van der Waals surface area (Å²) in [5.41, 5.74) is 0.707. The standard InChI is InChI=1S/C24H26N2O6S/c1-4-32-21-13-9-8-12-20(21)25-24(27)17-26(33(28,29)19-10-6-5-7-11-19)18-14-15-22(30-2)23(16-18)31-3/h5-16H,4,17H2,1-3H3,(H,25,27). The van der Waals surface area contributed by atoms with Crippen molar-refractivity contribution in [3.63, 3.8) is 0 Å². The molecule has 1 amide bonds. The lowest BCUT2D eigenvalue weighted by molar-refractivity contribution is -0.114. The van der Waals surface area contributed by atoms with Gasteiger partial charge < -0.3 is 19.5 Å². The van der Waals surface area contributed by atoms with Gasteiger partial charge in [-0.3, -0.25) is 9.10 Å². The van der Waals surface area contributed by atoms with Gasteiger partial charge in [-0.2, -0.15) is 0 Å². The SMILES string of the molecule is CCOc1ccccc1NC(=O)CN(c1ccc(OC)c(OC)c1)S(=O)(=O)c1ccccc1. The van der Waals surface area contributed by atoms with Crippen molar-refractivity contribution in [3.05, 3.63) is 72.8 Å². The van der Waals surface area contributed by atoms with Gasteiger partial charge in [-0.15, -0.1) is 0 Å². The van der Waals surface area contributed by atoms with Crippen LogP contribution in [0.5, 0.6) is 17.2 Å². The van der Waals surface area contributed by atoms with Gasteiger partial charge in [0.1, 0.15) is 12.3 Å². The van der Waals surface area contributed by atoms with E-state index in [1.165, 1.54) is 32.4 Å². The van der Waals surface area contributed by atoms with E-state index >= 15 is 0 Å². The second-order valence-electron chi connectivity index (χ2n) is 6.84. The van der Waals surface area contributed by atoms with Gasteiger partial charge in [-0.05, 0) is 43.3 Å². The quantitative estimate of drug-likeness (QED) is 0.482. The molecule has 33 heavy (non-hydrogen) atoms. The molecule has 0 unspecified atom stereocenters. The summed E-state index contributed by atoms with van der Waals surface area (Å²) in [7, 11) is -1.12. The summed E-state index contributed by atoms with van der Waals surface area (Å²) in [6.45, 7) is 1.80. The minimum absolute atomic E-state index is 0.0577. The Morgan fingerprint density at radius 1 is 0.879 bits per heavy atom. The molecule has 3 aromatic carbocycles. The zero-order valence-electron chi connectivity index (χ0n) is 18.6. The number of carbonyl (C=O) groups excluding carboxylic acids is 1. The maximum absolute atomic E-state index is 13.5. The fourth-order valence-electron chi connectivity index (χ4n) is 3.19. The average molecular weight is 471 g/mol. The zero-order chi connectivity index (χ0) is 23.8. The van der Waals surface area contributed by atoms with E-state index in [1.807, 2.05) is 6.92 Å². The number of hydrogen-bond donors (Lipinski definition) is 1. The lowest BCUT2D eigenvalue weighted by atomic mass is 10.2. The van der Waals surface area contributed by atoms with Crippen LogP contribution in [0.2, 0.25) is 0 Å². The van der Waals surface area contributed by atoms with Crippen molar-refractivity contribution in [2.45, 2.75) is 11.8 Å². The second kappa shape index (κ2) is 10.7. The Kier molecular flexibility index (Phi) is 7.78. The third-order valence-electron chi connectivity index (χ3n) is 4.73. The first-order valence-electron chi connectivity index (χ1n) is 10.2. The van der Waals surface area contributed by atoms with Gasteiger partial charge in [0.2, 0.25) is 5.91 Å². The number of hydrogen-bond acceptors (Lipinski definition) is 6. The number of ether oxygens (including phenoxy) is 3. The van der Waals surface area contributed by atoms with Gasteiger partial charge in [-0.25, -0.2) is 8.42 Å². The second-order valence-corrected chi connectivity index (χ2v) is 8.70. The van der Waals surface area contributed by atoms with E-state index in [1.54, 1.807) is 54.6 Å². The maximum Gasteiger partial charge on any atom is 0.264 e. The zero-order valence-corrected chi connectivity index (χ0v) is 19.5.